The number of anilines is 2. The summed E-state index contributed by atoms with van der Waals surface area (Å²) in [5.74, 6) is -0.385. The van der Waals surface area contributed by atoms with E-state index in [1.165, 1.54) is 6.42 Å². The van der Waals surface area contributed by atoms with Crippen LogP contribution in [-0.2, 0) is 0 Å². The number of nitrogens with zero attached hydrogens (tertiary/aromatic N) is 1. The minimum atomic E-state index is -0.528. The zero-order chi connectivity index (χ0) is 16.8. The number of benzene rings is 2. The molecule has 0 unspecified atom stereocenters. The van der Waals surface area contributed by atoms with Crippen LogP contribution in [0.2, 0.25) is 0 Å². The molecular formula is C19H21N3O2. The molecule has 1 aliphatic rings. The van der Waals surface area contributed by atoms with E-state index in [4.69, 9.17) is 0 Å². The van der Waals surface area contributed by atoms with Crippen LogP contribution in [0, 0.1) is 0 Å². The highest BCUT2D eigenvalue weighted by molar-refractivity contribution is 6.10. The van der Waals surface area contributed by atoms with E-state index in [0.717, 1.165) is 31.6 Å². The standard InChI is InChI=1S/C19H21N3O2/c23-18(21-19(24)20-15-9-3-1-4-10-15)16-11-5-6-12-17(16)22-13-7-2-8-14-22/h1,3-6,9-12H,2,7-8,13-14H2,(H2,20,21,23,24). The van der Waals surface area contributed by atoms with Gasteiger partial charge < -0.3 is 10.2 Å². The molecule has 5 heteroatoms. The van der Waals surface area contributed by atoms with Gasteiger partial charge in [-0.25, -0.2) is 4.79 Å². The summed E-state index contributed by atoms with van der Waals surface area (Å²) in [4.78, 5) is 26.8. The molecule has 0 aliphatic carbocycles. The summed E-state index contributed by atoms with van der Waals surface area (Å²) in [6.07, 6.45) is 3.49. The fourth-order valence-electron chi connectivity index (χ4n) is 2.93. The molecule has 1 fully saturated rings. The van der Waals surface area contributed by atoms with Crippen LogP contribution in [0.4, 0.5) is 16.2 Å². The minimum Gasteiger partial charge on any atom is -0.371 e. The topological polar surface area (TPSA) is 61.4 Å². The SMILES string of the molecule is O=C(NC(=O)c1ccccc1N1CCCCC1)Nc1ccccc1. The number of rotatable bonds is 3. The number of carbonyl (C=O) groups is 2. The van der Waals surface area contributed by atoms with Gasteiger partial charge in [0.15, 0.2) is 0 Å². The Morgan fingerprint density at radius 3 is 2.25 bits per heavy atom. The number of urea groups is 1. The van der Waals surface area contributed by atoms with E-state index in [9.17, 15) is 9.59 Å². The number of amides is 3. The second kappa shape index (κ2) is 7.64. The predicted octanol–water partition coefficient (Wildman–Crippen LogP) is 3.64. The Labute approximate surface area is 141 Å². The van der Waals surface area contributed by atoms with E-state index in [-0.39, 0.29) is 5.91 Å². The Hall–Kier alpha value is -2.82. The van der Waals surface area contributed by atoms with Gasteiger partial charge in [0.05, 0.1) is 5.56 Å². The van der Waals surface area contributed by atoms with Crippen LogP contribution < -0.4 is 15.5 Å². The number of para-hydroxylation sites is 2. The van der Waals surface area contributed by atoms with Gasteiger partial charge in [-0.1, -0.05) is 30.3 Å². The van der Waals surface area contributed by atoms with Gasteiger partial charge in [0.1, 0.15) is 0 Å². The third-order valence-corrected chi connectivity index (χ3v) is 4.10. The third-order valence-electron chi connectivity index (χ3n) is 4.10. The van der Waals surface area contributed by atoms with Crippen molar-refractivity contribution in [1.82, 2.24) is 5.32 Å². The molecule has 0 saturated carbocycles. The van der Waals surface area contributed by atoms with Gasteiger partial charge in [-0.2, -0.15) is 0 Å². The van der Waals surface area contributed by atoms with Gasteiger partial charge in [-0.3, -0.25) is 10.1 Å². The summed E-state index contributed by atoms with van der Waals surface area (Å²) in [7, 11) is 0. The Bertz CT molecular complexity index is 710. The Kier molecular flexibility index (Phi) is 5.11. The van der Waals surface area contributed by atoms with Crippen LogP contribution in [0.3, 0.4) is 0 Å². The molecule has 1 saturated heterocycles. The number of piperidine rings is 1. The zero-order valence-electron chi connectivity index (χ0n) is 13.5. The van der Waals surface area contributed by atoms with E-state index in [2.05, 4.69) is 15.5 Å². The maximum Gasteiger partial charge on any atom is 0.326 e. The van der Waals surface area contributed by atoms with Crippen molar-refractivity contribution in [1.29, 1.82) is 0 Å². The van der Waals surface area contributed by atoms with Crippen molar-refractivity contribution < 1.29 is 9.59 Å². The number of hydrogen-bond acceptors (Lipinski definition) is 3. The summed E-state index contributed by atoms with van der Waals surface area (Å²) in [5, 5.41) is 5.07. The molecule has 5 nitrogen and oxygen atoms in total. The van der Waals surface area contributed by atoms with Crippen LogP contribution in [-0.4, -0.2) is 25.0 Å². The van der Waals surface area contributed by atoms with Crippen LogP contribution in [0.25, 0.3) is 0 Å². The van der Waals surface area contributed by atoms with Gasteiger partial charge in [0.25, 0.3) is 5.91 Å². The highest BCUT2D eigenvalue weighted by atomic mass is 16.2. The van der Waals surface area contributed by atoms with Crippen molar-refractivity contribution in [2.75, 3.05) is 23.3 Å². The van der Waals surface area contributed by atoms with E-state index in [0.29, 0.717) is 11.3 Å². The highest BCUT2D eigenvalue weighted by Crippen LogP contribution is 2.24. The Morgan fingerprint density at radius 2 is 1.50 bits per heavy atom. The van der Waals surface area contributed by atoms with Crippen molar-refractivity contribution in [3.05, 3.63) is 60.2 Å². The molecule has 1 aliphatic heterocycles. The van der Waals surface area contributed by atoms with Crippen LogP contribution in [0.5, 0.6) is 0 Å². The second-order valence-corrected chi connectivity index (χ2v) is 5.84. The first-order valence-electron chi connectivity index (χ1n) is 8.25. The summed E-state index contributed by atoms with van der Waals surface area (Å²) < 4.78 is 0. The lowest BCUT2D eigenvalue weighted by atomic mass is 10.1. The molecule has 2 aromatic rings. The van der Waals surface area contributed by atoms with E-state index in [1.54, 1.807) is 18.2 Å². The number of hydrogen-bond donors (Lipinski definition) is 2. The normalized spacial score (nSPS) is 14.1. The zero-order valence-corrected chi connectivity index (χ0v) is 13.5. The quantitative estimate of drug-likeness (QED) is 0.906. The average molecular weight is 323 g/mol. The van der Waals surface area contributed by atoms with Gasteiger partial charge in [0.2, 0.25) is 0 Å². The van der Waals surface area contributed by atoms with Crippen LogP contribution in [0.15, 0.2) is 54.6 Å². The monoisotopic (exact) mass is 323 g/mol. The molecule has 0 bridgehead atoms. The maximum absolute atomic E-state index is 12.5. The summed E-state index contributed by atoms with van der Waals surface area (Å²) >= 11 is 0. The van der Waals surface area contributed by atoms with Gasteiger partial charge in [-0.05, 0) is 43.5 Å². The first kappa shape index (κ1) is 16.1. The van der Waals surface area contributed by atoms with E-state index in [1.807, 2.05) is 36.4 Å². The molecule has 0 spiro atoms. The average Bonchev–Trinajstić information content (AvgIpc) is 2.63. The lowest BCUT2D eigenvalue weighted by Gasteiger charge is -2.30. The summed E-state index contributed by atoms with van der Waals surface area (Å²) in [6.45, 7) is 1.89. The van der Waals surface area contributed by atoms with E-state index >= 15 is 0 Å². The van der Waals surface area contributed by atoms with Gasteiger partial charge >= 0.3 is 6.03 Å². The lowest BCUT2D eigenvalue weighted by Crippen LogP contribution is -2.36. The number of imide groups is 1. The molecule has 2 N–H and O–H groups in total. The molecule has 2 aromatic carbocycles. The van der Waals surface area contributed by atoms with Crippen LogP contribution >= 0.6 is 0 Å². The molecular weight excluding hydrogens is 302 g/mol. The Balaban J connectivity index is 1.69. The molecule has 0 aromatic heterocycles. The van der Waals surface area contributed by atoms with Crippen molar-refractivity contribution in [2.45, 2.75) is 19.3 Å². The Morgan fingerprint density at radius 1 is 0.833 bits per heavy atom. The van der Waals surface area contributed by atoms with Crippen molar-refractivity contribution in [3.8, 4) is 0 Å². The fourth-order valence-corrected chi connectivity index (χ4v) is 2.93. The van der Waals surface area contributed by atoms with E-state index < -0.39 is 6.03 Å². The fraction of sp³-hybridized carbons (Fsp3) is 0.263. The highest BCUT2D eigenvalue weighted by Gasteiger charge is 2.19. The van der Waals surface area contributed by atoms with Gasteiger partial charge in [0, 0.05) is 24.5 Å². The lowest BCUT2D eigenvalue weighted by molar-refractivity contribution is 0.0967. The first-order chi connectivity index (χ1) is 11.7. The van der Waals surface area contributed by atoms with Crippen molar-refractivity contribution >= 4 is 23.3 Å². The largest absolute Gasteiger partial charge is 0.371 e. The molecule has 24 heavy (non-hydrogen) atoms. The van der Waals surface area contributed by atoms with Crippen LogP contribution in [0.1, 0.15) is 29.6 Å². The minimum absolute atomic E-state index is 0.385. The summed E-state index contributed by atoms with van der Waals surface area (Å²) in [6, 6.07) is 16.0. The molecule has 0 atom stereocenters. The molecule has 124 valence electrons. The first-order valence-corrected chi connectivity index (χ1v) is 8.25. The van der Waals surface area contributed by atoms with Gasteiger partial charge in [-0.15, -0.1) is 0 Å². The second-order valence-electron chi connectivity index (χ2n) is 5.84. The third kappa shape index (κ3) is 3.93. The number of nitrogens with one attached hydrogen (secondary N) is 2. The number of carbonyl (C=O) groups excluding carboxylic acids is 2. The smallest absolute Gasteiger partial charge is 0.326 e. The molecule has 1 heterocycles. The maximum atomic E-state index is 12.5. The molecule has 0 radical (unpaired) electrons. The summed E-state index contributed by atoms with van der Waals surface area (Å²) in [5.41, 5.74) is 2.07. The molecule has 3 rings (SSSR count). The van der Waals surface area contributed by atoms with Crippen molar-refractivity contribution in [2.24, 2.45) is 0 Å². The van der Waals surface area contributed by atoms with Crippen molar-refractivity contribution in [3.63, 3.8) is 0 Å². The predicted molar refractivity (Wildman–Crippen MR) is 95.4 cm³/mol. The molecule has 3 amide bonds.